The van der Waals surface area contributed by atoms with Gasteiger partial charge in [0.05, 0.1) is 25.4 Å². The molecule has 2 heterocycles. The molecule has 0 saturated carbocycles. The first kappa shape index (κ1) is 15.6. The number of nitrogens with two attached hydrogens (primary N) is 1. The highest BCUT2D eigenvalue weighted by Gasteiger charge is 2.30. The number of primary amides is 1. The first-order valence-corrected chi connectivity index (χ1v) is 8.50. The lowest BCUT2D eigenvalue weighted by Gasteiger charge is -2.23. The molecule has 0 unspecified atom stereocenters. The minimum absolute atomic E-state index is 0.0329. The predicted octanol–water partition coefficient (Wildman–Crippen LogP) is 0.849. The van der Waals surface area contributed by atoms with Crippen LogP contribution in [0.15, 0.2) is 41.4 Å². The molecule has 3 rings (SSSR count). The van der Waals surface area contributed by atoms with Crippen LogP contribution in [0.5, 0.6) is 0 Å². The summed E-state index contributed by atoms with van der Waals surface area (Å²) in [5.74, 6) is -0.673. The monoisotopic (exact) mass is 335 g/mol. The van der Waals surface area contributed by atoms with E-state index in [1.165, 1.54) is 21.1 Å². The van der Waals surface area contributed by atoms with Crippen LogP contribution < -0.4 is 10.0 Å². The zero-order valence-corrected chi connectivity index (χ0v) is 13.4. The molecule has 1 amide bonds. The summed E-state index contributed by atoms with van der Waals surface area (Å²) in [7, 11) is -2.23. The number of hydrogen-bond acceptors (Lipinski definition) is 4. The van der Waals surface area contributed by atoms with Crippen molar-refractivity contribution in [2.24, 2.45) is 12.8 Å². The van der Waals surface area contributed by atoms with Crippen LogP contribution >= 0.6 is 0 Å². The third-order valence-corrected chi connectivity index (χ3v) is 5.56. The van der Waals surface area contributed by atoms with Crippen molar-refractivity contribution in [2.45, 2.75) is 11.5 Å². The minimum atomic E-state index is -3.81. The number of fused-ring (bicyclic) bond motifs is 1. The summed E-state index contributed by atoms with van der Waals surface area (Å²) in [5, 5.41) is 0. The number of para-hydroxylation sites is 1. The molecule has 2 N–H and O–H groups in total. The van der Waals surface area contributed by atoms with E-state index in [1.54, 1.807) is 19.2 Å². The molecule has 0 bridgehead atoms. The van der Waals surface area contributed by atoms with E-state index >= 15 is 0 Å². The van der Waals surface area contributed by atoms with E-state index in [-0.39, 0.29) is 17.1 Å². The fraction of sp³-hybridized carbons (Fsp3) is 0.267. The Kier molecular flexibility index (Phi) is 3.87. The lowest BCUT2D eigenvalue weighted by molar-refractivity contribution is 0.0992. The quantitative estimate of drug-likeness (QED) is 0.899. The lowest BCUT2D eigenvalue weighted by Crippen LogP contribution is -2.33. The summed E-state index contributed by atoms with van der Waals surface area (Å²) in [6.07, 6.45) is 1.39. The third-order valence-electron chi connectivity index (χ3n) is 3.78. The van der Waals surface area contributed by atoms with Gasteiger partial charge in [-0.25, -0.2) is 8.42 Å². The van der Waals surface area contributed by atoms with Crippen LogP contribution in [0, 0.1) is 0 Å². The molecule has 2 aromatic rings. The molecular formula is C15H17N3O4S. The summed E-state index contributed by atoms with van der Waals surface area (Å²) in [6.45, 7) is 0.868. The van der Waals surface area contributed by atoms with Crippen LogP contribution in [0.25, 0.3) is 0 Å². The molecule has 23 heavy (non-hydrogen) atoms. The Morgan fingerprint density at radius 2 is 2.04 bits per heavy atom. The topological polar surface area (TPSA) is 94.6 Å². The highest BCUT2D eigenvalue weighted by molar-refractivity contribution is 7.92. The maximum atomic E-state index is 13.0. The molecule has 0 aliphatic carbocycles. The van der Waals surface area contributed by atoms with Crippen LogP contribution in [-0.4, -0.2) is 32.0 Å². The van der Waals surface area contributed by atoms with Crippen LogP contribution in [0.3, 0.4) is 0 Å². The standard InChI is InChI=1S/C15H17N3O4S/c1-17-9-12(8-14(17)15(16)19)23(20,21)18-6-7-22-10-11-4-2-3-5-13(11)18/h2-5,8-9H,6-7,10H2,1H3,(H2,16,19). The molecule has 0 spiro atoms. The fourth-order valence-electron chi connectivity index (χ4n) is 2.62. The molecular weight excluding hydrogens is 318 g/mol. The van der Waals surface area contributed by atoms with Crippen molar-refractivity contribution in [3.8, 4) is 0 Å². The predicted molar refractivity (Wildman–Crippen MR) is 84.6 cm³/mol. The Bertz CT molecular complexity index is 857. The minimum Gasteiger partial charge on any atom is -0.375 e. The van der Waals surface area contributed by atoms with E-state index in [9.17, 15) is 13.2 Å². The lowest BCUT2D eigenvalue weighted by atomic mass is 10.2. The SMILES string of the molecule is Cn1cc(S(=O)(=O)N2CCOCc3ccccc32)cc1C(N)=O. The molecule has 122 valence electrons. The second-order valence-corrected chi connectivity index (χ2v) is 7.16. The summed E-state index contributed by atoms with van der Waals surface area (Å²) >= 11 is 0. The van der Waals surface area contributed by atoms with Crippen LogP contribution in [0.2, 0.25) is 0 Å². The molecule has 7 nitrogen and oxygen atoms in total. The average Bonchev–Trinajstić information content (AvgIpc) is 2.78. The van der Waals surface area contributed by atoms with E-state index in [2.05, 4.69) is 0 Å². The summed E-state index contributed by atoms with van der Waals surface area (Å²) in [5.41, 5.74) is 6.80. The van der Waals surface area contributed by atoms with Crippen molar-refractivity contribution in [3.63, 3.8) is 0 Å². The number of aryl methyl sites for hydroxylation is 1. The molecule has 1 aliphatic heterocycles. The maximum Gasteiger partial charge on any atom is 0.265 e. The van der Waals surface area contributed by atoms with E-state index in [4.69, 9.17) is 10.5 Å². The van der Waals surface area contributed by atoms with Gasteiger partial charge in [0.15, 0.2) is 0 Å². The summed E-state index contributed by atoms with van der Waals surface area (Å²) in [4.78, 5) is 11.4. The van der Waals surface area contributed by atoms with Crippen LogP contribution in [0.1, 0.15) is 16.1 Å². The average molecular weight is 335 g/mol. The van der Waals surface area contributed by atoms with Gasteiger partial charge in [0, 0.05) is 18.8 Å². The highest BCUT2D eigenvalue weighted by Crippen LogP contribution is 2.29. The largest absolute Gasteiger partial charge is 0.375 e. The van der Waals surface area contributed by atoms with Gasteiger partial charge in [0.1, 0.15) is 10.6 Å². The van der Waals surface area contributed by atoms with Crippen molar-refractivity contribution >= 4 is 21.6 Å². The second kappa shape index (κ2) is 5.71. The van der Waals surface area contributed by atoms with E-state index < -0.39 is 15.9 Å². The second-order valence-electron chi connectivity index (χ2n) is 5.29. The van der Waals surface area contributed by atoms with Crippen molar-refractivity contribution in [3.05, 3.63) is 47.8 Å². The van der Waals surface area contributed by atoms with Gasteiger partial charge >= 0.3 is 0 Å². The number of aromatic nitrogens is 1. The smallest absolute Gasteiger partial charge is 0.265 e. The molecule has 0 saturated heterocycles. The molecule has 1 aliphatic rings. The van der Waals surface area contributed by atoms with Gasteiger partial charge in [-0.15, -0.1) is 0 Å². The highest BCUT2D eigenvalue weighted by atomic mass is 32.2. The molecule has 1 aromatic heterocycles. The van der Waals surface area contributed by atoms with Gasteiger partial charge in [-0.1, -0.05) is 18.2 Å². The van der Waals surface area contributed by atoms with Gasteiger partial charge in [-0.3, -0.25) is 9.10 Å². The number of carbonyl (C=O) groups is 1. The summed E-state index contributed by atoms with van der Waals surface area (Å²) in [6, 6.07) is 8.51. The van der Waals surface area contributed by atoms with Gasteiger partial charge < -0.3 is 15.0 Å². The van der Waals surface area contributed by atoms with Crippen molar-refractivity contribution in [1.29, 1.82) is 0 Å². The van der Waals surface area contributed by atoms with Gasteiger partial charge in [0.2, 0.25) is 0 Å². The van der Waals surface area contributed by atoms with Gasteiger partial charge in [-0.2, -0.15) is 0 Å². The maximum absolute atomic E-state index is 13.0. The first-order valence-electron chi connectivity index (χ1n) is 7.06. The number of ether oxygens (including phenoxy) is 1. The number of nitrogens with zero attached hydrogens (tertiary/aromatic N) is 2. The van der Waals surface area contributed by atoms with E-state index in [0.717, 1.165) is 5.56 Å². The Labute approximate surface area is 134 Å². The van der Waals surface area contributed by atoms with Crippen LogP contribution in [-0.2, 0) is 28.4 Å². The number of carbonyl (C=O) groups excluding carboxylic acids is 1. The Hall–Kier alpha value is -2.32. The van der Waals surface area contributed by atoms with E-state index in [0.29, 0.717) is 18.9 Å². The number of sulfonamides is 1. The Morgan fingerprint density at radius 3 is 2.74 bits per heavy atom. The first-order chi connectivity index (χ1) is 10.9. The van der Waals surface area contributed by atoms with Crippen LogP contribution in [0.4, 0.5) is 5.69 Å². The summed E-state index contributed by atoms with van der Waals surface area (Å²) < 4.78 is 34.2. The Balaban J connectivity index is 2.09. The molecule has 0 radical (unpaired) electrons. The number of amides is 1. The number of rotatable bonds is 3. The fourth-order valence-corrected chi connectivity index (χ4v) is 4.18. The molecule has 1 aromatic carbocycles. The number of hydrogen-bond donors (Lipinski definition) is 1. The zero-order chi connectivity index (χ0) is 16.6. The molecule has 8 heteroatoms. The normalized spacial score (nSPS) is 15.1. The molecule has 0 fully saturated rings. The Morgan fingerprint density at radius 1 is 1.30 bits per heavy atom. The van der Waals surface area contributed by atoms with E-state index in [1.807, 2.05) is 12.1 Å². The number of anilines is 1. The zero-order valence-electron chi connectivity index (χ0n) is 12.6. The van der Waals surface area contributed by atoms with Gasteiger partial charge in [0.25, 0.3) is 15.9 Å². The van der Waals surface area contributed by atoms with Crippen molar-refractivity contribution < 1.29 is 17.9 Å². The number of benzene rings is 1. The van der Waals surface area contributed by atoms with Crippen molar-refractivity contribution in [1.82, 2.24) is 4.57 Å². The van der Waals surface area contributed by atoms with Crippen molar-refractivity contribution in [2.75, 3.05) is 17.5 Å². The van der Waals surface area contributed by atoms with Gasteiger partial charge in [-0.05, 0) is 12.1 Å². The third kappa shape index (κ3) is 2.71. The molecule has 0 atom stereocenters.